The Bertz CT molecular complexity index is 902. The fourth-order valence-electron chi connectivity index (χ4n) is 3.10. The zero-order chi connectivity index (χ0) is 18.8. The molecule has 0 radical (unpaired) electrons. The fraction of sp³-hybridized carbons (Fsp3) is 0.286. The second-order valence-corrected chi connectivity index (χ2v) is 6.71. The molecule has 0 fully saturated rings. The van der Waals surface area contributed by atoms with Crippen molar-refractivity contribution in [3.05, 3.63) is 64.2 Å². The number of nitrogens with zero attached hydrogens (tertiary/aromatic N) is 1. The first-order valence-electron chi connectivity index (χ1n) is 8.71. The number of rotatable bonds is 5. The van der Waals surface area contributed by atoms with Crippen molar-refractivity contribution < 1.29 is 14.4 Å². The fourth-order valence-corrected chi connectivity index (χ4v) is 3.10. The Morgan fingerprint density at radius 2 is 1.73 bits per heavy atom. The van der Waals surface area contributed by atoms with Crippen molar-refractivity contribution in [3.63, 3.8) is 0 Å². The van der Waals surface area contributed by atoms with Crippen LogP contribution in [0.2, 0.25) is 0 Å². The molecule has 2 aromatic rings. The number of amides is 3. The number of hydrogen-bond acceptors (Lipinski definition) is 3. The van der Waals surface area contributed by atoms with Crippen molar-refractivity contribution >= 4 is 23.4 Å². The number of nitrogens with one attached hydrogen (secondary N) is 1. The second kappa shape index (κ2) is 7.12. The molecule has 134 valence electrons. The number of fused-ring (bicyclic) bond motifs is 1. The van der Waals surface area contributed by atoms with Gasteiger partial charge in [0.2, 0.25) is 5.91 Å². The standard InChI is InChI=1S/C21H22N2O3/c1-13-9-10-16-17(12-13)21(26)23(20(16)25)11-5-8-19(24)22-18-7-4-6-14(2)15(18)3/h4,6-7,9-10,12H,5,8,11H2,1-3H3,(H,22,24). The molecule has 0 aliphatic carbocycles. The molecular weight excluding hydrogens is 328 g/mol. The van der Waals surface area contributed by atoms with E-state index >= 15 is 0 Å². The number of aryl methyl sites for hydroxylation is 2. The average molecular weight is 350 g/mol. The van der Waals surface area contributed by atoms with E-state index in [1.54, 1.807) is 12.1 Å². The highest BCUT2D eigenvalue weighted by Gasteiger charge is 2.34. The van der Waals surface area contributed by atoms with E-state index in [1.807, 2.05) is 45.0 Å². The van der Waals surface area contributed by atoms with Gasteiger partial charge in [0.1, 0.15) is 0 Å². The summed E-state index contributed by atoms with van der Waals surface area (Å²) < 4.78 is 0. The van der Waals surface area contributed by atoms with E-state index in [9.17, 15) is 14.4 Å². The van der Waals surface area contributed by atoms with Crippen molar-refractivity contribution in [1.82, 2.24) is 4.90 Å². The number of carbonyl (C=O) groups is 3. The van der Waals surface area contributed by atoms with E-state index in [0.29, 0.717) is 17.5 Å². The van der Waals surface area contributed by atoms with Crippen LogP contribution in [0.1, 0.15) is 50.2 Å². The minimum Gasteiger partial charge on any atom is -0.326 e. The molecule has 1 aliphatic heterocycles. The normalized spacial score (nSPS) is 13.1. The largest absolute Gasteiger partial charge is 0.326 e. The summed E-state index contributed by atoms with van der Waals surface area (Å²) in [5.74, 6) is -0.672. The predicted molar refractivity (Wildman–Crippen MR) is 100 cm³/mol. The summed E-state index contributed by atoms with van der Waals surface area (Å²) in [5.41, 5.74) is 4.79. The van der Waals surface area contributed by atoms with Gasteiger partial charge in [0, 0.05) is 18.7 Å². The van der Waals surface area contributed by atoms with Gasteiger partial charge in [0.05, 0.1) is 11.1 Å². The van der Waals surface area contributed by atoms with Crippen molar-refractivity contribution in [2.75, 3.05) is 11.9 Å². The smallest absolute Gasteiger partial charge is 0.261 e. The van der Waals surface area contributed by atoms with E-state index in [1.165, 1.54) is 4.90 Å². The van der Waals surface area contributed by atoms with Crippen molar-refractivity contribution in [2.45, 2.75) is 33.6 Å². The summed E-state index contributed by atoms with van der Waals surface area (Å²) in [7, 11) is 0. The molecular formula is C21H22N2O3. The number of carbonyl (C=O) groups excluding carboxylic acids is 3. The summed E-state index contributed by atoms with van der Waals surface area (Å²) in [4.78, 5) is 38.2. The summed E-state index contributed by atoms with van der Waals surface area (Å²) in [6.45, 7) is 6.09. The van der Waals surface area contributed by atoms with E-state index in [0.717, 1.165) is 22.4 Å². The van der Waals surface area contributed by atoms with Gasteiger partial charge in [0.15, 0.2) is 0 Å². The monoisotopic (exact) mass is 350 g/mol. The lowest BCUT2D eigenvalue weighted by molar-refractivity contribution is -0.116. The Balaban J connectivity index is 1.57. The van der Waals surface area contributed by atoms with Gasteiger partial charge in [-0.3, -0.25) is 19.3 Å². The van der Waals surface area contributed by atoms with Gasteiger partial charge in [-0.1, -0.05) is 23.8 Å². The van der Waals surface area contributed by atoms with E-state index in [4.69, 9.17) is 0 Å². The molecule has 3 amide bonds. The van der Waals surface area contributed by atoms with Crippen molar-refractivity contribution in [2.24, 2.45) is 0 Å². The minimum atomic E-state index is -0.278. The Morgan fingerprint density at radius 1 is 1.00 bits per heavy atom. The van der Waals surface area contributed by atoms with Crippen LogP contribution in [-0.2, 0) is 4.79 Å². The molecule has 5 heteroatoms. The minimum absolute atomic E-state index is 0.119. The third-order valence-electron chi connectivity index (χ3n) is 4.79. The van der Waals surface area contributed by atoms with Crippen LogP contribution in [0.15, 0.2) is 36.4 Å². The topological polar surface area (TPSA) is 66.5 Å². The molecule has 0 spiro atoms. The number of anilines is 1. The van der Waals surface area contributed by atoms with Gasteiger partial charge < -0.3 is 5.32 Å². The molecule has 0 saturated carbocycles. The summed E-state index contributed by atoms with van der Waals surface area (Å²) in [6.07, 6.45) is 0.682. The maximum atomic E-state index is 12.4. The van der Waals surface area contributed by atoms with Gasteiger partial charge in [-0.05, 0) is 56.5 Å². The third-order valence-corrected chi connectivity index (χ3v) is 4.79. The van der Waals surface area contributed by atoms with Crippen LogP contribution >= 0.6 is 0 Å². The van der Waals surface area contributed by atoms with Crippen molar-refractivity contribution in [1.29, 1.82) is 0 Å². The Morgan fingerprint density at radius 3 is 2.50 bits per heavy atom. The molecule has 1 aliphatic rings. The molecule has 0 aromatic heterocycles. The van der Waals surface area contributed by atoms with Crippen molar-refractivity contribution in [3.8, 4) is 0 Å². The Labute approximate surface area is 153 Å². The highest BCUT2D eigenvalue weighted by atomic mass is 16.2. The summed E-state index contributed by atoms with van der Waals surface area (Å²) >= 11 is 0. The zero-order valence-corrected chi connectivity index (χ0v) is 15.3. The molecule has 3 rings (SSSR count). The van der Waals surface area contributed by atoms with E-state index < -0.39 is 0 Å². The Kier molecular flexibility index (Phi) is 4.89. The lowest BCUT2D eigenvalue weighted by Gasteiger charge is -2.14. The number of benzene rings is 2. The lowest BCUT2D eigenvalue weighted by Crippen LogP contribution is -2.31. The molecule has 0 saturated heterocycles. The second-order valence-electron chi connectivity index (χ2n) is 6.71. The highest BCUT2D eigenvalue weighted by Crippen LogP contribution is 2.24. The first-order chi connectivity index (χ1) is 12.4. The van der Waals surface area contributed by atoms with Crippen LogP contribution in [0.25, 0.3) is 0 Å². The molecule has 0 bridgehead atoms. The molecule has 2 aromatic carbocycles. The molecule has 5 nitrogen and oxygen atoms in total. The van der Waals surface area contributed by atoms with E-state index in [2.05, 4.69) is 5.32 Å². The maximum absolute atomic E-state index is 12.4. The van der Waals surface area contributed by atoms with Crippen LogP contribution < -0.4 is 5.32 Å². The highest BCUT2D eigenvalue weighted by molar-refractivity contribution is 6.21. The number of imide groups is 1. The number of hydrogen-bond donors (Lipinski definition) is 1. The summed E-state index contributed by atoms with van der Waals surface area (Å²) in [6, 6.07) is 11.0. The van der Waals surface area contributed by atoms with Crippen LogP contribution in [0.4, 0.5) is 5.69 Å². The molecule has 1 heterocycles. The van der Waals surface area contributed by atoms with Gasteiger partial charge >= 0.3 is 0 Å². The van der Waals surface area contributed by atoms with Crippen LogP contribution in [0, 0.1) is 20.8 Å². The molecule has 0 unspecified atom stereocenters. The Hall–Kier alpha value is -2.95. The van der Waals surface area contributed by atoms with Gasteiger partial charge in [-0.2, -0.15) is 0 Å². The molecule has 1 N–H and O–H groups in total. The first kappa shape index (κ1) is 17.9. The van der Waals surface area contributed by atoms with E-state index in [-0.39, 0.29) is 30.7 Å². The van der Waals surface area contributed by atoms with Crippen LogP contribution in [0.5, 0.6) is 0 Å². The zero-order valence-electron chi connectivity index (χ0n) is 15.3. The van der Waals surface area contributed by atoms with Crippen LogP contribution in [0.3, 0.4) is 0 Å². The van der Waals surface area contributed by atoms with Gasteiger partial charge in [0.25, 0.3) is 11.8 Å². The summed E-state index contributed by atoms with van der Waals surface area (Å²) in [5, 5.41) is 2.90. The molecule has 0 atom stereocenters. The van der Waals surface area contributed by atoms with Crippen LogP contribution in [-0.4, -0.2) is 29.2 Å². The quantitative estimate of drug-likeness (QED) is 0.838. The lowest BCUT2D eigenvalue weighted by atomic mass is 10.1. The molecule has 26 heavy (non-hydrogen) atoms. The SMILES string of the molecule is Cc1ccc2c(c1)C(=O)N(CCCC(=O)Nc1cccc(C)c1C)C2=O. The van der Waals surface area contributed by atoms with Gasteiger partial charge in [-0.25, -0.2) is 0 Å². The third kappa shape index (κ3) is 3.38. The first-order valence-corrected chi connectivity index (χ1v) is 8.71. The maximum Gasteiger partial charge on any atom is 0.261 e. The average Bonchev–Trinajstić information content (AvgIpc) is 2.83. The van der Waals surface area contributed by atoms with Gasteiger partial charge in [-0.15, -0.1) is 0 Å². The predicted octanol–water partition coefficient (Wildman–Crippen LogP) is 3.63.